The maximum Gasteiger partial charge on any atom is 0.325 e. The number of aromatic nitrogens is 1. The number of carbonyl (C=O) groups is 1. The van der Waals surface area contributed by atoms with Gasteiger partial charge in [-0.1, -0.05) is 48.5 Å². The third-order valence-electron chi connectivity index (χ3n) is 5.22. The number of aliphatic carboxylic acids is 1. The van der Waals surface area contributed by atoms with Gasteiger partial charge in [-0.15, -0.1) is 0 Å². The van der Waals surface area contributed by atoms with E-state index < -0.39 is 12.0 Å². The van der Waals surface area contributed by atoms with E-state index in [-0.39, 0.29) is 0 Å². The Morgan fingerprint density at radius 2 is 1.65 bits per heavy atom. The van der Waals surface area contributed by atoms with Gasteiger partial charge in [-0.3, -0.25) is 9.69 Å². The summed E-state index contributed by atoms with van der Waals surface area (Å²) in [6.07, 6.45) is 0. The van der Waals surface area contributed by atoms with Gasteiger partial charge in [-0.2, -0.15) is 0 Å². The molecule has 1 fully saturated rings. The van der Waals surface area contributed by atoms with E-state index in [0.717, 1.165) is 53.9 Å². The van der Waals surface area contributed by atoms with E-state index >= 15 is 0 Å². The minimum absolute atomic E-state index is 0.657. The SMILES string of the molecule is CN1CCN(C(C(=O)O)c2c(-c3ccccc3)[nH]c3ccccc23)CC1. The topological polar surface area (TPSA) is 59.6 Å². The summed E-state index contributed by atoms with van der Waals surface area (Å²) in [4.78, 5) is 20.1. The van der Waals surface area contributed by atoms with Crippen molar-refractivity contribution >= 4 is 16.9 Å². The fourth-order valence-corrected chi connectivity index (χ4v) is 3.82. The van der Waals surface area contributed by atoms with Crippen molar-refractivity contribution in [1.29, 1.82) is 0 Å². The lowest BCUT2D eigenvalue weighted by Crippen LogP contribution is -2.47. The molecule has 2 aromatic carbocycles. The molecule has 2 heterocycles. The number of benzene rings is 2. The average Bonchev–Trinajstić information content (AvgIpc) is 3.03. The molecule has 1 aliphatic rings. The number of hydrogen-bond donors (Lipinski definition) is 2. The molecule has 1 saturated heterocycles. The second-order valence-corrected chi connectivity index (χ2v) is 6.91. The Balaban J connectivity index is 1.88. The van der Waals surface area contributed by atoms with Crippen molar-refractivity contribution in [3.05, 3.63) is 60.2 Å². The minimum Gasteiger partial charge on any atom is -0.480 e. The van der Waals surface area contributed by atoms with Crippen LogP contribution in [0.25, 0.3) is 22.2 Å². The van der Waals surface area contributed by atoms with Crippen LogP contribution < -0.4 is 0 Å². The zero-order valence-electron chi connectivity index (χ0n) is 14.9. The lowest BCUT2D eigenvalue weighted by molar-refractivity contribution is -0.144. The Morgan fingerprint density at radius 3 is 2.35 bits per heavy atom. The molecule has 5 heteroatoms. The van der Waals surface area contributed by atoms with Crippen LogP contribution in [0.5, 0.6) is 0 Å². The molecule has 1 unspecified atom stereocenters. The number of H-pyrrole nitrogens is 1. The van der Waals surface area contributed by atoms with E-state index in [1.807, 2.05) is 54.6 Å². The summed E-state index contributed by atoms with van der Waals surface area (Å²) in [5, 5.41) is 11.1. The molecule has 0 aliphatic carbocycles. The Bertz CT molecular complexity index is 911. The van der Waals surface area contributed by atoms with E-state index in [2.05, 4.69) is 21.8 Å². The van der Waals surface area contributed by atoms with Crippen LogP contribution in [0.2, 0.25) is 0 Å². The number of nitrogens with one attached hydrogen (secondary N) is 1. The highest BCUT2D eigenvalue weighted by Crippen LogP contribution is 2.37. The van der Waals surface area contributed by atoms with Crippen LogP contribution in [-0.2, 0) is 4.79 Å². The van der Waals surface area contributed by atoms with Crippen LogP contribution in [0, 0.1) is 0 Å². The number of hydrogen-bond acceptors (Lipinski definition) is 3. The molecule has 0 amide bonds. The van der Waals surface area contributed by atoms with Gasteiger partial charge in [0.25, 0.3) is 0 Å². The molecule has 0 bridgehead atoms. The fraction of sp³-hybridized carbons (Fsp3) is 0.286. The van der Waals surface area contributed by atoms with Crippen LogP contribution in [0.3, 0.4) is 0 Å². The van der Waals surface area contributed by atoms with Gasteiger partial charge in [0, 0.05) is 42.6 Å². The van der Waals surface area contributed by atoms with E-state index in [9.17, 15) is 9.90 Å². The van der Waals surface area contributed by atoms with Crippen molar-refractivity contribution in [3.8, 4) is 11.3 Å². The summed E-state index contributed by atoms with van der Waals surface area (Å²) >= 11 is 0. The Labute approximate surface area is 152 Å². The molecule has 1 atom stereocenters. The standard InChI is InChI=1S/C21H23N3O2/c1-23-11-13-24(14-12-23)20(21(25)26)18-16-9-5-6-10-17(16)22-19(18)15-7-3-2-4-8-15/h2-10,20,22H,11-14H2,1H3,(H,25,26). The molecule has 0 radical (unpaired) electrons. The summed E-state index contributed by atoms with van der Waals surface area (Å²) < 4.78 is 0. The quantitative estimate of drug-likeness (QED) is 0.759. The third kappa shape index (κ3) is 3.00. The second-order valence-electron chi connectivity index (χ2n) is 6.91. The number of likely N-dealkylation sites (N-methyl/N-ethyl adjacent to an activating group) is 1. The Kier molecular flexibility index (Phi) is 4.49. The summed E-state index contributed by atoms with van der Waals surface area (Å²) in [5.74, 6) is -0.795. The highest BCUT2D eigenvalue weighted by molar-refractivity contribution is 5.95. The maximum absolute atomic E-state index is 12.3. The normalized spacial score (nSPS) is 17.4. The summed E-state index contributed by atoms with van der Waals surface area (Å²) in [6, 6.07) is 17.3. The van der Waals surface area contributed by atoms with Crippen molar-refractivity contribution < 1.29 is 9.90 Å². The van der Waals surface area contributed by atoms with Gasteiger partial charge in [0.15, 0.2) is 0 Å². The van der Waals surface area contributed by atoms with E-state index in [1.54, 1.807) is 0 Å². The fourth-order valence-electron chi connectivity index (χ4n) is 3.82. The molecule has 26 heavy (non-hydrogen) atoms. The summed E-state index contributed by atoms with van der Waals surface area (Å²) in [6.45, 7) is 3.27. The second kappa shape index (κ2) is 6.94. The Hall–Kier alpha value is -2.63. The van der Waals surface area contributed by atoms with E-state index in [1.165, 1.54) is 0 Å². The largest absolute Gasteiger partial charge is 0.480 e. The molecular formula is C21H23N3O2. The van der Waals surface area contributed by atoms with Gasteiger partial charge < -0.3 is 15.0 Å². The first-order valence-electron chi connectivity index (χ1n) is 8.96. The minimum atomic E-state index is -0.795. The van der Waals surface area contributed by atoms with Crippen molar-refractivity contribution in [2.45, 2.75) is 6.04 Å². The predicted octanol–water partition coefficient (Wildman–Crippen LogP) is 3.21. The van der Waals surface area contributed by atoms with Crippen LogP contribution in [0.4, 0.5) is 0 Å². The molecule has 0 saturated carbocycles. The molecule has 134 valence electrons. The molecule has 0 spiro atoms. The van der Waals surface area contributed by atoms with E-state index in [4.69, 9.17) is 0 Å². The Morgan fingerprint density at radius 1 is 1.00 bits per heavy atom. The number of para-hydroxylation sites is 1. The van der Waals surface area contributed by atoms with Crippen molar-refractivity contribution in [1.82, 2.24) is 14.8 Å². The van der Waals surface area contributed by atoms with Gasteiger partial charge in [0.2, 0.25) is 0 Å². The number of fused-ring (bicyclic) bond motifs is 1. The van der Waals surface area contributed by atoms with Gasteiger partial charge in [0.1, 0.15) is 6.04 Å². The van der Waals surface area contributed by atoms with Crippen LogP contribution >= 0.6 is 0 Å². The van der Waals surface area contributed by atoms with Crippen LogP contribution in [0.15, 0.2) is 54.6 Å². The molecule has 3 aromatic rings. The highest BCUT2D eigenvalue weighted by Gasteiger charge is 2.34. The van der Waals surface area contributed by atoms with Crippen molar-refractivity contribution in [2.24, 2.45) is 0 Å². The highest BCUT2D eigenvalue weighted by atomic mass is 16.4. The average molecular weight is 349 g/mol. The lowest BCUT2D eigenvalue weighted by Gasteiger charge is -2.36. The van der Waals surface area contributed by atoms with Crippen LogP contribution in [-0.4, -0.2) is 59.1 Å². The molecule has 1 aliphatic heterocycles. The van der Waals surface area contributed by atoms with Gasteiger partial charge in [0.05, 0.1) is 5.69 Å². The zero-order valence-corrected chi connectivity index (χ0v) is 14.9. The number of piperazine rings is 1. The number of aromatic amines is 1. The predicted molar refractivity (Wildman–Crippen MR) is 103 cm³/mol. The van der Waals surface area contributed by atoms with Gasteiger partial charge in [-0.05, 0) is 18.7 Å². The number of carboxylic acid groups (broad SMARTS) is 1. The molecule has 2 N–H and O–H groups in total. The summed E-state index contributed by atoms with van der Waals surface area (Å²) in [5.41, 5.74) is 3.75. The first-order valence-corrected chi connectivity index (χ1v) is 8.96. The number of nitrogens with zero attached hydrogens (tertiary/aromatic N) is 2. The lowest BCUT2D eigenvalue weighted by atomic mass is 9.97. The van der Waals surface area contributed by atoms with Gasteiger partial charge >= 0.3 is 5.97 Å². The monoisotopic (exact) mass is 349 g/mol. The molecule has 5 nitrogen and oxygen atoms in total. The van der Waals surface area contributed by atoms with Crippen molar-refractivity contribution in [3.63, 3.8) is 0 Å². The van der Waals surface area contributed by atoms with Crippen LogP contribution in [0.1, 0.15) is 11.6 Å². The smallest absolute Gasteiger partial charge is 0.325 e. The number of rotatable bonds is 4. The number of carboxylic acids is 1. The zero-order chi connectivity index (χ0) is 18.1. The van der Waals surface area contributed by atoms with Crippen molar-refractivity contribution in [2.75, 3.05) is 33.2 Å². The maximum atomic E-state index is 12.3. The van der Waals surface area contributed by atoms with Gasteiger partial charge in [-0.25, -0.2) is 0 Å². The third-order valence-corrected chi connectivity index (χ3v) is 5.22. The first-order chi connectivity index (χ1) is 12.6. The first kappa shape index (κ1) is 16.8. The van der Waals surface area contributed by atoms with E-state index in [0.29, 0.717) is 0 Å². The molecule has 1 aromatic heterocycles. The summed E-state index contributed by atoms with van der Waals surface area (Å²) in [7, 11) is 2.08. The molecular weight excluding hydrogens is 326 g/mol. The molecule has 4 rings (SSSR count).